The molecule has 0 radical (unpaired) electrons. The van der Waals surface area contributed by atoms with Crippen LogP contribution in [-0.4, -0.2) is 28.6 Å². The van der Waals surface area contributed by atoms with Gasteiger partial charge in [-0.05, 0) is 79.3 Å². The zero-order valence-electron chi connectivity index (χ0n) is 16.8. The van der Waals surface area contributed by atoms with Gasteiger partial charge in [-0.3, -0.25) is 19.8 Å². The van der Waals surface area contributed by atoms with Crippen molar-refractivity contribution < 1.29 is 14.3 Å². The van der Waals surface area contributed by atoms with E-state index in [-0.39, 0.29) is 10.7 Å². The molecule has 31 heavy (non-hydrogen) atoms. The summed E-state index contributed by atoms with van der Waals surface area (Å²) in [4.78, 5) is 27.1. The molecular weight excluding hydrogens is 434 g/mol. The Morgan fingerprint density at radius 3 is 2.45 bits per heavy atom. The highest BCUT2D eigenvalue weighted by atomic mass is 35.5. The number of carbonyl (C=O) groups is 2. The summed E-state index contributed by atoms with van der Waals surface area (Å²) in [7, 11) is 1.60. The first-order valence-electron chi connectivity index (χ1n) is 9.38. The van der Waals surface area contributed by atoms with Crippen molar-refractivity contribution in [3.63, 3.8) is 0 Å². The van der Waals surface area contributed by atoms with Crippen LogP contribution < -0.4 is 15.0 Å². The monoisotopic (exact) mass is 451 g/mol. The summed E-state index contributed by atoms with van der Waals surface area (Å²) >= 11 is 11.5. The lowest BCUT2D eigenvalue weighted by molar-refractivity contribution is -0.122. The molecule has 0 spiro atoms. The average molecular weight is 452 g/mol. The van der Waals surface area contributed by atoms with Crippen molar-refractivity contribution in [1.82, 2.24) is 9.88 Å². The molecule has 2 heterocycles. The maximum atomic E-state index is 13.2. The van der Waals surface area contributed by atoms with Crippen LogP contribution in [-0.2, 0) is 9.59 Å². The van der Waals surface area contributed by atoms with Crippen molar-refractivity contribution in [3.8, 4) is 11.4 Å². The minimum absolute atomic E-state index is 0.0117. The number of halogens is 1. The number of nitrogens with one attached hydrogen (secondary N) is 1. The number of methoxy groups -OCH3 is 1. The molecule has 1 aliphatic heterocycles. The summed E-state index contributed by atoms with van der Waals surface area (Å²) in [5.74, 6) is -0.332. The topological polar surface area (TPSA) is 63.6 Å². The molecule has 0 bridgehead atoms. The molecular formula is C23H18ClN3O3S. The Hall–Kier alpha value is -3.42. The summed E-state index contributed by atoms with van der Waals surface area (Å²) < 4.78 is 7.07. The van der Waals surface area contributed by atoms with Gasteiger partial charge < -0.3 is 9.30 Å². The molecule has 1 aliphatic rings. The molecule has 1 N–H and O–H groups in total. The summed E-state index contributed by atoms with van der Waals surface area (Å²) in [6, 6.07) is 16.3. The van der Waals surface area contributed by atoms with Gasteiger partial charge in [-0.15, -0.1) is 0 Å². The number of thiocarbonyl (C=S) groups is 1. The van der Waals surface area contributed by atoms with Crippen LogP contribution in [0, 0.1) is 6.92 Å². The standard InChI is InChI=1S/C23H18ClN3O3S/c1-14-5-6-17(13-20(14)24)27-22(29)19(21(28)25-23(27)31)12-16-4-3-11-26(16)15-7-9-18(30-2)10-8-15/h3-13H,1-2H3,(H,25,28,31)/b19-12+. The Kier molecular flexibility index (Phi) is 5.63. The maximum Gasteiger partial charge on any atom is 0.270 e. The SMILES string of the molecule is COc1ccc(-n2cccc2/C=C2\C(=O)NC(=S)N(c3ccc(C)c(Cl)c3)C2=O)cc1. The van der Waals surface area contributed by atoms with Crippen LogP contribution in [0.2, 0.25) is 5.02 Å². The number of anilines is 1. The molecule has 0 unspecified atom stereocenters. The third-order valence-corrected chi connectivity index (χ3v) is 5.63. The van der Waals surface area contributed by atoms with Crippen LogP contribution in [0.25, 0.3) is 11.8 Å². The van der Waals surface area contributed by atoms with Gasteiger partial charge in [-0.1, -0.05) is 17.7 Å². The van der Waals surface area contributed by atoms with E-state index < -0.39 is 11.8 Å². The number of hydrogen-bond donors (Lipinski definition) is 1. The molecule has 0 saturated carbocycles. The molecule has 0 aliphatic carbocycles. The van der Waals surface area contributed by atoms with Gasteiger partial charge in [0.25, 0.3) is 11.8 Å². The highest BCUT2D eigenvalue weighted by Crippen LogP contribution is 2.27. The highest BCUT2D eigenvalue weighted by molar-refractivity contribution is 7.80. The Labute approximate surface area is 189 Å². The lowest BCUT2D eigenvalue weighted by Crippen LogP contribution is -2.54. The Balaban J connectivity index is 1.73. The fourth-order valence-corrected chi connectivity index (χ4v) is 3.71. The number of aryl methyl sites for hydroxylation is 1. The number of ether oxygens (including phenoxy) is 1. The second-order valence-electron chi connectivity index (χ2n) is 6.89. The fraction of sp³-hybridized carbons (Fsp3) is 0.0870. The summed E-state index contributed by atoms with van der Waals surface area (Å²) in [5.41, 5.74) is 2.86. The molecule has 1 fully saturated rings. The lowest BCUT2D eigenvalue weighted by Gasteiger charge is -2.29. The van der Waals surface area contributed by atoms with Crippen molar-refractivity contribution in [2.45, 2.75) is 6.92 Å². The van der Waals surface area contributed by atoms with E-state index in [4.69, 9.17) is 28.6 Å². The predicted molar refractivity (Wildman–Crippen MR) is 125 cm³/mol. The van der Waals surface area contributed by atoms with Gasteiger partial charge in [0.2, 0.25) is 0 Å². The minimum atomic E-state index is -0.549. The minimum Gasteiger partial charge on any atom is -0.497 e. The van der Waals surface area contributed by atoms with Crippen LogP contribution in [0.5, 0.6) is 5.75 Å². The normalized spacial score (nSPS) is 15.4. The first-order valence-corrected chi connectivity index (χ1v) is 10.2. The third kappa shape index (κ3) is 3.97. The van der Waals surface area contributed by atoms with E-state index in [1.807, 2.05) is 54.1 Å². The van der Waals surface area contributed by atoms with Crippen LogP contribution in [0.1, 0.15) is 11.3 Å². The van der Waals surface area contributed by atoms with Crippen LogP contribution in [0.4, 0.5) is 5.69 Å². The van der Waals surface area contributed by atoms with Crippen LogP contribution in [0.15, 0.2) is 66.4 Å². The van der Waals surface area contributed by atoms with Gasteiger partial charge >= 0.3 is 0 Å². The molecule has 8 heteroatoms. The van der Waals surface area contributed by atoms with Crippen LogP contribution in [0.3, 0.4) is 0 Å². The van der Waals surface area contributed by atoms with Crippen molar-refractivity contribution in [1.29, 1.82) is 0 Å². The summed E-state index contributed by atoms with van der Waals surface area (Å²) in [5, 5.41) is 3.10. The van der Waals surface area contributed by atoms with Gasteiger partial charge in [-0.2, -0.15) is 0 Å². The lowest BCUT2D eigenvalue weighted by atomic mass is 10.1. The van der Waals surface area contributed by atoms with Gasteiger partial charge in [0.15, 0.2) is 5.11 Å². The summed E-state index contributed by atoms with van der Waals surface area (Å²) in [6.07, 6.45) is 3.40. The van der Waals surface area contributed by atoms with Gasteiger partial charge in [-0.25, -0.2) is 0 Å². The van der Waals surface area contributed by atoms with Gasteiger partial charge in [0.05, 0.1) is 12.8 Å². The number of aromatic nitrogens is 1. The second-order valence-corrected chi connectivity index (χ2v) is 7.69. The van der Waals surface area contributed by atoms with Crippen LogP contribution >= 0.6 is 23.8 Å². The maximum absolute atomic E-state index is 13.2. The van der Waals surface area contributed by atoms with Crippen molar-refractivity contribution in [3.05, 3.63) is 82.6 Å². The summed E-state index contributed by atoms with van der Waals surface area (Å²) in [6.45, 7) is 1.86. The molecule has 6 nitrogen and oxygen atoms in total. The quantitative estimate of drug-likeness (QED) is 0.365. The molecule has 2 aromatic carbocycles. The van der Waals surface area contributed by atoms with E-state index >= 15 is 0 Å². The van der Waals surface area contributed by atoms with E-state index in [1.165, 1.54) is 4.90 Å². The number of amides is 2. The number of benzene rings is 2. The van der Waals surface area contributed by atoms with Crippen molar-refractivity contribution in [2.75, 3.05) is 12.0 Å². The molecule has 1 aromatic heterocycles. The molecule has 2 amide bonds. The zero-order valence-corrected chi connectivity index (χ0v) is 18.3. The first-order chi connectivity index (χ1) is 14.9. The first kappa shape index (κ1) is 20.8. The molecule has 156 valence electrons. The van der Waals surface area contributed by atoms with E-state index in [9.17, 15) is 9.59 Å². The Morgan fingerprint density at radius 2 is 1.77 bits per heavy atom. The number of nitrogens with zero attached hydrogens (tertiary/aromatic N) is 2. The molecule has 4 rings (SSSR count). The molecule has 3 aromatic rings. The van der Waals surface area contributed by atoms with E-state index in [0.717, 1.165) is 17.0 Å². The molecule has 0 atom stereocenters. The average Bonchev–Trinajstić information content (AvgIpc) is 3.22. The number of rotatable bonds is 4. The van der Waals surface area contributed by atoms with Gasteiger partial charge in [0, 0.05) is 22.6 Å². The smallest absolute Gasteiger partial charge is 0.270 e. The highest BCUT2D eigenvalue weighted by Gasteiger charge is 2.34. The second kappa shape index (κ2) is 8.37. The molecule has 1 saturated heterocycles. The van der Waals surface area contributed by atoms with E-state index in [0.29, 0.717) is 16.4 Å². The number of carbonyl (C=O) groups excluding carboxylic acids is 2. The van der Waals surface area contributed by atoms with E-state index in [2.05, 4.69) is 5.32 Å². The number of hydrogen-bond acceptors (Lipinski definition) is 4. The Morgan fingerprint density at radius 1 is 1.06 bits per heavy atom. The Bertz CT molecular complexity index is 1230. The zero-order chi connectivity index (χ0) is 22.1. The van der Waals surface area contributed by atoms with Crippen molar-refractivity contribution >= 4 is 52.5 Å². The van der Waals surface area contributed by atoms with Crippen molar-refractivity contribution in [2.24, 2.45) is 0 Å². The fourth-order valence-electron chi connectivity index (χ4n) is 3.25. The third-order valence-electron chi connectivity index (χ3n) is 4.94. The predicted octanol–water partition coefficient (Wildman–Crippen LogP) is 4.28. The largest absolute Gasteiger partial charge is 0.497 e. The van der Waals surface area contributed by atoms with Gasteiger partial charge in [0.1, 0.15) is 11.3 Å². The van der Waals surface area contributed by atoms with E-state index in [1.54, 1.807) is 31.4 Å².